The van der Waals surface area contributed by atoms with Crippen molar-refractivity contribution in [2.75, 3.05) is 51.0 Å². The summed E-state index contributed by atoms with van der Waals surface area (Å²) < 4.78 is 12.6. The van der Waals surface area contributed by atoms with Gasteiger partial charge in [0.15, 0.2) is 6.29 Å². The molecule has 0 unspecified atom stereocenters. The molecule has 3 aromatic carbocycles. The summed E-state index contributed by atoms with van der Waals surface area (Å²) in [5, 5.41) is 15.1. The zero-order valence-electron chi connectivity index (χ0n) is 33.4. The molecule has 0 bridgehead atoms. The van der Waals surface area contributed by atoms with Gasteiger partial charge in [-0.05, 0) is 74.0 Å². The van der Waals surface area contributed by atoms with Gasteiger partial charge < -0.3 is 29.2 Å². The maximum absolute atomic E-state index is 10.5. The van der Waals surface area contributed by atoms with Crippen molar-refractivity contribution >= 4 is 52.0 Å². The second-order valence-corrected chi connectivity index (χ2v) is 12.2. The van der Waals surface area contributed by atoms with Crippen molar-refractivity contribution in [1.82, 2.24) is 9.38 Å². The number of nitrogens with zero attached hydrogens (tertiary/aromatic N) is 3. The molecule has 3 heterocycles. The molecule has 54 heavy (non-hydrogen) atoms. The molecule has 6 rings (SSSR count). The third-order valence-corrected chi connectivity index (χ3v) is 7.92. The first kappa shape index (κ1) is 46.9. The van der Waals surface area contributed by atoms with Gasteiger partial charge in [0, 0.05) is 82.3 Å². The van der Waals surface area contributed by atoms with Crippen LogP contribution in [0.2, 0.25) is 0 Å². The van der Waals surface area contributed by atoms with E-state index in [1.54, 1.807) is 43.6 Å². The minimum absolute atomic E-state index is 0.265. The second kappa shape index (κ2) is 25.8. The molecule has 0 atom stereocenters. The summed E-state index contributed by atoms with van der Waals surface area (Å²) in [6, 6.07) is 20.8. The van der Waals surface area contributed by atoms with Gasteiger partial charge in [-0.1, -0.05) is 69.8 Å². The van der Waals surface area contributed by atoms with E-state index in [1.807, 2.05) is 87.8 Å². The van der Waals surface area contributed by atoms with Gasteiger partial charge in [0.05, 0.1) is 5.69 Å². The van der Waals surface area contributed by atoms with Crippen LogP contribution in [-0.2, 0) is 11.2 Å². The highest BCUT2D eigenvalue weighted by atomic mass is 35.5. The summed E-state index contributed by atoms with van der Waals surface area (Å²) in [7, 11) is 5.59. The number of aromatic hydroxyl groups is 1. The number of halogens is 1. The minimum Gasteiger partial charge on any atom is -0.507 e. The Morgan fingerprint density at radius 1 is 1.00 bits per heavy atom. The topological polar surface area (TPSA) is 105 Å². The smallest absolute Gasteiger partial charge is 0.170 e. The number of likely N-dealkylation sites (N-methyl/N-ethyl adjacent to an activating group) is 1. The first-order chi connectivity index (χ1) is 26.1. The Morgan fingerprint density at radius 2 is 1.67 bits per heavy atom. The number of ether oxygens (including phenoxy) is 2. The van der Waals surface area contributed by atoms with E-state index in [-0.39, 0.29) is 5.60 Å². The number of rotatable bonds is 10. The Balaban J connectivity index is 0.000000362. The van der Waals surface area contributed by atoms with Gasteiger partial charge in [-0.3, -0.25) is 9.59 Å². The Hall–Kier alpha value is -5.12. The molecule has 0 saturated heterocycles. The fraction of sp³-hybridized carbons (Fsp3) is 0.341. The molecule has 0 aliphatic carbocycles. The van der Waals surface area contributed by atoms with Crippen LogP contribution in [0.3, 0.4) is 0 Å². The number of fused-ring (bicyclic) bond motifs is 4. The third kappa shape index (κ3) is 15.1. The van der Waals surface area contributed by atoms with Gasteiger partial charge >= 0.3 is 0 Å². The highest BCUT2D eigenvalue weighted by Gasteiger charge is 2.20. The van der Waals surface area contributed by atoms with Crippen LogP contribution < -0.4 is 15.0 Å². The molecule has 1 aliphatic heterocycles. The summed E-state index contributed by atoms with van der Waals surface area (Å²) in [5.74, 6) is 1.16. The summed E-state index contributed by atoms with van der Waals surface area (Å²) in [5.41, 5.74) is 5.15. The molecule has 10 heteroatoms. The fourth-order valence-electron chi connectivity index (χ4n) is 5.19. The Bertz CT molecular complexity index is 1870. The minimum atomic E-state index is -0.265. The number of methoxy groups -OCH3 is 1. The molecule has 0 amide bonds. The van der Waals surface area contributed by atoms with Crippen molar-refractivity contribution in [1.29, 1.82) is 0 Å². The van der Waals surface area contributed by atoms with Crippen LogP contribution in [0.4, 0.5) is 11.4 Å². The lowest BCUT2D eigenvalue weighted by molar-refractivity contribution is 0.0630. The van der Waals surface area contributed by atoms with E-state index in [9.17, 15) is 14.7 Å². The lowest BCUT2D eigenvalue weighted by Gasteiger charge is -2.26. The zero-order chi connectivity index (χ0) is 40.5. The van der Waals surface area contributed by atoms with E-state index >= 15 is 0 Å². The number of hydrogen-bond acceptors (Lipinski definition) is 8. The average molecular weight is 759 g/mol. The maximum atomic E-state index is 10.5. The summed E-state index contributed by atoms with van der Waals surface area (Å²) in [6.07, 6.45) is 15.4. The molecule has 1 aliphatic rings. The lowest BCUT2D eigenvalue weighted by atomic mass is 10.0. The molecular weight excluding hydrogens is 700 g/mol. The SMILES string of the molecule is C=C/C=C\CC.CC.CCl.CN1CCc2c1cc(O)c1ccccc21.CNc1ccc2nc(C=O)cn2c1.COCCC(C)(C)Oc1ccc(C=O)cc1. The van der Waals surface area contributed by atoms with Gasteiger partial charge in [-0.2, -0.15) is 0 Å². The number of phenolic OH excluding ortho intramolecular Hbond substituents is 1. The van der Waals surface area contributed by atoms with Crippen LogP contribution in [0.1, 0.15) is 73.9 Å². The molecule has 9 nitrogen and oxygen atoms in total. The van der Waals surface area contributed by atoms with E-state index in [0.29, 0.717) is 23.6 Å². The van der Waals surface area contributed by atoms with E-state index in [2.05, 4.69) is 59.5 Å². The number of nitrogens with one attached hydrogen (secondary N) is 1. The van der Waals surface area contributed by atoms with E-state index in [4.69, 9.17) is 9.47 Å². The number of imidazole rings is 1. The van der Waals surface area contributed by atoms with Gasteiger partial charge in [0.2, 0.25) is 0 Å². The predicted molar refractivity (Wildman–Crippen MR) is 228 cm³/mol. The molecule has 5 aromatic rings. The number of allylic oxidation sites excluding steroid dienone is 3. The highest BCUT2D eigenvalue weighted by Crippen LogP contribution is 2.38. The number of carbonyl (C=O) groups excluding carboxylic acids is 2. The van der Waals surface area contributed by atoms with Crippen molar-refractivity contribution in [3.8, 4) is 11.5 Å². The van der Waals surface area contributed by atoms with Crippen LogP contribution in [0.25, 0.3) is 16.4 Å². The molecule has 0 radical (unpaired) electrons. The van der Waals surface area contributed by atoms with Crippen molar-refractivity contribution in [3.63, 3.8) is 0 Å². The maximum Gasteiger partial charge on any atom is 0.170 e. The molecule has 292 valence electrons. The van der Waals surface area contributed by atoms with Crippen LogP contribution in [0, 0.1) is 0 Å². The number of pyridine rings is 1. The predicted octanol–water partition coefficient (Wildman–Crippen LogP) is 10.4. The molecule has 2 N–H and O–H groups in total. The fourth-order valence-corrected chi connectivity index (χ4v) is 5.19. The Labute approximate surface area is 327 Å². The van der Waals surface area contributed by atoms with Crippen LogP contribution in [0.15, 0.2) is 104 Å². The number of hydrogen-bond donors (Lipinski definition) is 2. The number of alkyl halides is 1. The number of phenols is 1. The molecule has 0 saturated carbocycles. The van der Waals surface area contributed by atoms with Crippen LogP contribution in [0.5, 0.6) is 11.5 Å². The molecule has 2 aromatic heterocycles. The number of aldehydes is 2. The van der Waals surface area contributed by atoms with Gasteiger partial charge in [-0.25, -0.2) is 4.98 Å². The number of aromatic nitrogens is 2. The summed E-state index contributed by atoms with van der Waals surface area (Å²) >= 11 is 4.64. The van der Waals surface area contributed by atoms with Crippen LogP contribution in [-0.4, -0.2) is 73.4 Å². The highest BCUT2D eigenvalue weighted by molar-refractivity contribution is 6.15. The van der Waals surface area contributed by atoms with Crippen LogP contribution >= 0.6 is 11.6 Å². The van der Waals surface area contributed by atoms with Gasteiger partial charge in [-0.15, -0.1) is 11.6 Å². The molecular formula is C44H59ClN4O5. The molecule has 0 spiro atoms. The van der Waals surface area contributed by atoms with E-state index in [1.165, 1.54) is 23.0 Å². The van der Waals surface area contributed by atoms with Crippen molar-refractivity contribution in [3.05, 3.63) is 121 Å². The largest absolute Gasteiger partial charge is 0.507 e. The summed E-state index contributed by atoms with van der Waals surface area (Å²) in [4.78, 5) is 27.2. The molecule has 0 fully saturated rings. The quantitative estimate of drug-likeness (QED) is 0.0824. The number of anilines is 2. The van der Waals surface area contributed by atoms with Gasteiger partial charge in [0.1, 0.15) is 34.7 Å². The Morgan fingerprint density at radius 3 is 2.22 bits per heavy atom. The number of benzene rings is 3. The monoisotopic (exact) mass is 758 g/mol. The zero-order valence-corrected chi connectivity index (χ0v) is 34.2. The van der Waals surface area contributed by atoms with E-state index < -0.39 is 0 Å². The van der Waals surface area contributed by atoms with Crippen molar-refractivity contribution in [2.24, 2.45) is 0 Å². The third-order valence-electron chi connectivity index (χ3n) is 7.92. The van der Waals surface area contributed by atoms with Gasteiger partial charge in [0.25, 0.3) is 0 Å². The normalized spacial score (nSPS) is 11.1. The van der Waals surface area contributed by atoms with E-state index in [0.717, 1.165) is 60.8 Å². The summed E-state index contributed by atoms with van der Waals surface area (Å²) in [6.45, 7) is 15.3. The average Bonchev–Trinajstić information content (AvgIpc) is 3.81. The number of carbonyl (C=O) groups is 2. The second-order valence-electron chi connectivity index (χ2n) is 12.2. The standard InChI is InChI=1S/C13H13NO.C13H18O3.C9H9N3O.C6H10.C2H6.CH3Cl/c1-14-7-6-10-9-4-2-3-5-11(9)13(15)8-12(10)14;1-13(2,8-9-15-3)16-12-6-4-11(10-14)5-7-12;1-10-7-2-3-9-11-8(6-13)5-12(9)4-7;1-3-5-6-4-2;2*1-2/h2-5,8,15H,6-7H2,1H3;4-7,10H,8-9H2,1-3H3;2-6,10H,1H3;3,5-6H,1,4H2,2H3;1-2H3;1H3/b;;;6-5-;;. The lowest BCUT2D eigenvalue weighted by Crippen LogP contribution is -2.29. The Kier molecular flexibility index (Phi) is 22.4. The first-order valence-corrected chi connectivity index (χ1v) is 18.8. The van der Waals surface area contributed by atoms with Crippen molar-refractivity contribution < 1.29 is 24.2 Å². The first-order valence-electron chi connectivity index (χ1n) is 18.0. The van der Waals surface area contributed by atoms with Crippen molar-refractivity contribution in [2.45, 2.75) is 59.5 Å².